The van der Waals surface area contributed by atoms with Gasteiger partial charge in [0.15, 0.2) is 0 Å². The lowest BCUT2D eigenvalue weighted by molar-refractivity contribution is -0.140. The lowest BCUT2D eigenvalue weighted by Crippen LogP contribution is -2.51. The first-order valence-corrected chi connectivity index (χ1v) is 11.0. The Hall–Kier alpha value is -3.87. The van der Waals surface area contributed by atoms with Crippen LogP contribution in [0.25, 0.3) is 10.8 Å². The van der Waals surface area contributed by atoms with Gasteiger partial charge in [0.25, 0.3) is 5.91 Å². The van der Waals surface area contributed by atoms with E-state index in [1.807, 2.05) is 61.5 Å². The van der Waals surface area contributed by atoms with Gasteiger partial charge in [-0.3, -0.25) is 19.3 Å². The van der Waals surface area contributed by atoms with Crippen LogP contribution < -0.4 is 15.0 Å². The minimum Gasteiger partial charge on any atom is -0.497 e. The standard InChI is InChI=1S/C26H27N3O4/c1-4-21(25(31)27-2)28(15-17-11-13-19(33-3)14-12-17)23(30)16-29-22-10-6-8-18-7-5-9-20(24(18)22)26(29)32/h5-14,21H,4,15-16H2,1-3H3,(H,27,31). The number of nitrogens with one attached hydrogen (secondary N) is 1. The van der Waals surface area contributed by atoms with E-state index in [4.69, 9.17) is 4.74 Å². The van der Waals surface area contributed by atoms with Gasteiger partial charge >= 0.3 is 0 Å². The van der Waals surface area contributed by atoms with Crippen LogP contribution in [0.3, 0.4) is 0 Å². The number of nitrogens with zero attached hydrogens (tertiary/aromatic N) is 2. The monoisotopic (exact) mass is 445 g/mol. The number of benzene rings is 3. The maximum absolute atomic E-state index is 13.6. The molecule has 0 radical (unpaired) electrons. The van der Waals surface area contributed by atoms with Crippen molar-refractivity contribution in [2.24, 2.45) is 0 Å². The van der Waals surface area contributed by atoms with Crippen LogP contribution in [0.5, 0.6) is 5.75 Å². The first-order chi connectivity index (χ1) is 16.0. The Bertz CT molecular complexity index is 1200. The quantitative estimate of drug-likeness (QED) is 0.577. The summed E-state index contributed by atoms with van der Waals surface area (Å²) in [5.41, 5.74) is 2.18. The second-order valence-corrected chi connectivity index (χ2v) is 7.98. The molecule has 0 aromatic heterocycles. The highest BCUT2D eigenvalue weighted by molar-refractivity contribution is 6.26. The van der Waals surface area contributed by atoms with E-state index in [0.717, 1.165) is 22.0 Å². The zero-order valence-electron chi connectivity index (χ0n) is 19.0. The Morgan fingerprint density at radius 2 is 1.76 bits per heavy atom. The second-order valence-electron chi connectivity index (χ2n) is 7.98. The van der Waals surface area contributed by atoms with E-state index >= 15 is 0 Å². The summed E-state index contributed by atoms with van der Waals surface area (Å²) in [6, 6.07) is 18.0. The molecular formula is C26H27N3O4. The molecule has 1 heterocycles. The number of likely N-dealkylation sites (N-methyl/N-ethyl adjacent to an activating group) is 1. The predicted molar refractivity (Wildman–Crippen MR) is 127 cm³/mol. The third-order valence-electron chi connectivity index (χ3n) is 6.09. The Balaban J connectivity index is 1.64. The van der Waals surface area contributed by atoms with Crippen molar-refractivity contribution < 1.29 is 19.1 Å². The molecule has 0 aliphatic carbocycles. The van der Waals surface area contributed by atoms with E-state index in [1.165, 1.54) is 4.90 Å². The smallest absolute Gasteiger partial charge is 0.259 e. The van der Waals surface area contributed by atoms with Gasteiger partial charge in [0.2, 0.25) is 11.8 Å². The molecule has 0 bridgehead atoms. The Labute approximate surface area is 192 Å². The van der Waals surface area contributed by atoms with E-state index in [9.17, 15) is 14.4 Å². The molecule has 1 aliphatic heterocycles. The molecule has 1 unspecified atom stereocenters. The van der Waals surface area contributed by atoms with Crippen LogP contribution in [0.1, 0.15) is 29.3 Å². The number of amides is 3. The van der Waals surface area contributed by atoms with E-state index in [0.29, 0.717) is 17.7 Å². The average molecular weight is 446 g/mol. The van der Waals surface area contributed by atoms with Crippen LogP contribution in [-0.2, 0) is 16.1 Å². The fourth-order valence-electron chi connectivity index (χ4n) is 4.38. The lowest BCUT2D eigenvalue weighted by atomic mass is 10.1. The topological polar surface area (TPSA) is 79.0 Å². The van der Waals surface area contributed by atoms with Crippen LogP contribution in [-0.4, -0.2) is 49.4 Å². The molecule has 3 amide bonds. The van der Waals surface area contributed by atoms with E-state index < -0.39 is 6.04 Å². The SMILES string of the molecule is CCC(C(=O)NC)N(Cc1ccc(OC)cc1)C(=O)CN1C(=O)c2cccc3cccc1c23. The summed E-state index contributed by atoms with van der Waals surface area (Å²) in [7, 11) is 3.15. The molecule has 33 heavy (non-hydrogen) atoms. The van der Waals surface area contributed by atoms with Crippen molar-refractivity contribution in [2.75, 3.05) is 25.6 Å². The predicted octanol–water partition coefficient (Wildman–Crippen LogP) is 3.36. The van der Waals surface area contributed by atoms with Crippen molar-refractivity contribution >= 4 is 34.2 Å². The van der Waals surface area contributed by atoms with Gasteiger partial charge in [0, 0.05) is 24.5 Å². The highest BCUT2D eigenvalue weighted by Crippen LogP contribution is 2.37. The summed E-state index contributed by atoms with van der Waals surface area (Å²) < 4.78 is 5.22. The summed E-state index contributed by atoms with van der Waals surface area (Å²) in [5.74, 6) is -0.0204. The summed E-state index contributed by atoms with van der Waals surface area (Å²) in [4.78, 5) is 42.4. The van der Waals surface area contributed by atoms with Gasteiger partial charge in [-0.2, -0.15) is 0 Å². The average Bonchev–Trinajstić information content (AvgIpc) is 3.12. The van der Waals surface area contributed by atoms with Crippen molar-refractivity contribution in [3.63, 3.8) is 0 Å². The molecule has 0 fully saturated rings. The number of hydrogen-bond donors (Lipinski definition) is 1. The Morgan fingerprint density at radius 3 is 2.39 bits per heavy atom. The second kappa shape index (κ2) is 9.32. The summed E-state index contributed by atoms with van der Waals surface area (Å²) >= 11 is 0. The van der Waals surface area contributed by atoms with Crippen molar-refractivity contribution in [3.8, 4) is 5.75 Å². The number of rotatable bonds is 8. The minimum absolute atomic E-state index is 0.143. The molecule has 3 aromatic rings. The maximum atomic E-state index is 13.6. The van der Waals surface area contributed by atoms with Crippen LogP contribution in [0, 0.1) is 0 Å². The number of methoxy groups -OCH3 is 1. The first kappa shape index (κ1) is 22.3. The van der Waals surface area contributed by atoms with Gasteiger partial charge in [0.05, 0.1) is 12.8 Å². The molecule has 7 nitrogen and oxygen atoms in total. The zero-order chi connectivity index (χ0) is 23.5. The summed E-state index contributed by atoms with van der Waals surface area (Å²) in [5, 5.41) is 4.47. The fourth-order valence-corrected chi connectivity index (χ4v) is 4.38. The van der Waals surface area contributed by atoms with Gasteiger partial charge in [0.1, 0.15) is 18.3 Å². The minimum atomic E-state index is -0.652. The van der Waals surface area contributed by atoms with Gasteiger partial charge in [-0.15, -0.1) is 0 Å². The molecule has 4 rings (SSSR count). The number of anilines is 1. The molecule has 0 spiro atoms. The molecule has 1 atom stereocenters. The maximum Gasteiger partial charge on any atom is 0.259 e. The van der Waals surface area contributed by atoms with Gasteiger partial charge in [-0.1, -0.05) is 43.3 Å². The molecule has 0 saturated heterocycles. The highest BCUT2D eigenvalue weighted by atomic mass is 16.5. The van der Waals surface area contributed by atoms with E-state index in [-0.39, 0.29) is 30.8 Å². The Morgan fingerprint density at radius 1 is 1.06 bits per heavy atom. The number of carbonyl (C=O) groups is 3. The first-order valence-electron chi connectivity index (χ1n) is 11.0. The summed E-state index contributed by atoms with van der Waals surface area (Å²) in [6.07, 6.45) is 0.450. The third kappa shape index (κ3) is 4.14. The van der Waals surface area contributed by atoms with Crippen LogP contribution >= 0.6 is 0 Å². The molecule has 1 N–H and O–H groups in total. The molecule has 1 aliphatic rings. The molecule has 0 saturated carbocycles. The molecule has 7 heteroatoms. The summed E-state index contributed by atoms with van der Waals surface area (Å²) in [6.45, 7) is 1.97. The number of ether oxygens (including phenoxy) is 1. The van der Waals surface area contributed by atoms with Gasteiger partial charge in [-0.05, 0) is 41.6 Å². The van der Waals surface area contributed by atoms with E-state index in [1.54, 1.807) is 25.1 Å². The third-order valence-corrected chi connectivity index (χ3v) is 6.09. The fraction of sp³-hybridized carbons (Fsp3) is 0.269. The Kier molecular flexibility index (Phi) is 6.31. The highest BCUT2D eigenvalue weighted by Gasteiger charge is 2.34. The molecule has 170 valence electrons. The van der Waals surface area contributed by atoms with Gasteiger partial charge < -0.3 is 15.0 Å². The normalized spacial score (nSPS) is 13.2. The molecule has 3 aromatic carbocycles. The van der Waals surface area contributed by atoms with Crippen molar-refractivity contribution in [2.45, 2.75) is 25.9 Å². The van der Waals surface area contributed by atoms with Gasteiger partial charge in [-0.25, -0.2) is 0 Å². The van der Waals surface area contributed by atoms with E-state index in [2.05, 4.69) is 5.32 Å². The van der Waals surface area contributed by atoms with Crippen molar-refractivity contribution in [1.29, 1.82) is 0 Å². The molecular weight excluding hydrogens is 418 g/mol. The number of hydrogen-bond acceptors (Lipinski definition) is 4. The zero-order valence-corrected chi connectivity index (χ0v) is 19.0. The van der Waals surface area contributed by atoms with Crippen molar-refractivity contribution in [1.82, 2.24) is 10.2 Å². The number of carbonyl (C=O) groups excluding carboxylic acids is 3. The van der Waals surface area contributed by atoms with Crippen LogP contribution in [0.2, 0.25) is 0 Å². The van der Waals surface area contributed by atoms with Crippen LogP contribution in [0.4, 0.5) is 5.69 Å². The lowest BCUT2D eigenvalue weighted by Gasteiger charge is -2.32. The van der Waals surface area contributed by atoms with Crippen LogP contribution in [0.15, 0.2) is 60.7 Å². The van der Waals surface area contributed by atoms with Crippen molar-refractivity contribution in [3.05, 3.63) is 71.8 Å². The largest absolute Gasteiger partial charge is 0.497 e.